The predicted molar refractivity (Wildman–Crippen MR) is 91.3 cm³/mol. The number of ether oxygens (including phenoxy) is 1. The van der Waals surface area contributed by atoms with Crippen LogP contribution in [-0.4, -0.2) is 18.5 Å². The van der Waals surface area contributed by atoms with E-state index in [0.29, 0.717) is 21.3 Å². The van der Waals surface area contributed by atoms with Crippen LogP contribution in [0.5, 0.6) is 0 Å². The van der Waals surface area contributed by atoms with Crippen molar-refractivity contribution in [2.24, 2.45) is 0 Å². The van der Waals surface area contributed by atoms with Crippen molar-refractivity contribution in [3.05, 3.63) is 63.1 Å². The monoisotopic (exact) mass is 351 g/mol. The van der Waals surface area contributed by atoms with Crippen LogP contribution in [-0.2, 0) is 9.53 Å². The second kappa shape index (κ2) is 7.49. The first-order chi connectivity index (χ1) is 10.9. The van der Waals surface area contributed by atoms with Crippen LogP contribution in [0.15, 0.2) is 36.4 Å². The normalized spacial score (nSPS) is 10.3. The van der Waals surface area contributed by atoms with Crippen LogP contribution < -0.4 is 5.32 Å². The van der Waals surface area contributed by atoms with Crippen molar-refractivity contribution in [1.82, 2.24) is 0 Å². The Bertz CT molecular complexity index is 759. The van der Waals surface area contributed by atoms with Crippen molar-refractivity contribution >= 4 is 40.8 Å². The highest BCUT2D eigenvalue weighted by atomic mass is 35.5. The summed E-state index contributed by atoms with van der Waals surface area (Å²) in [7, 11) is 0. The van der Waals surface area contributed by atoms with Crippen molar-refractivity contribution in [1.29, 1.82) is 0 Å². The van der Waals surface area contributed by atoms with Crippen molar-refractivity contribution in [3.63, 3.8) is 0 Å². The molecule has 0 aromatic heterocycles. The van der Waals surface area contributed by atoms with Gasteiger partial charge in [0.05, 0.1) is 15.6 Å². The zero-order chi connectivity index (χ0) is 17.0. The Hall–Kier alpha value is -2.04. The second-order valence-corrected chi connectivity index (χ2v) is 5.87. The number of halogens is 2. The number of hydrogen-bond donors (Lipinski definition) is 1. The zero-order valence-electron chi connectivity index (χ0n) is 12.7. The molecule has 6 heteroatoms. The molecule has 0 saturated heterocycles. The van der Waals surface area contributed by atoms with E-state index in [1.165, 1.54) is 6.07 Å². The number of esters is 1. The number of amides is 1. The van der Waals surface area contributed by atoms with Crippen molar-refractivity contribution in [2.75, 3.05) is 11.9 Å². The molecule has 23 heavy (non-hydrogen) atoms. The molecule has 0 spiro atoms. The Balaban J connectivity index is 1.91. The third kappa shape index (κ3) is 4.71. The molecule has 0 bridgehead atoms. The minimum Gasteiger partial charge on any atom is -0.452 e. The largest absolute Gasteiger partial charge is 0.452 e. The van der Waals surface area contributed by atoms with Gasteiger partial charge >= 0.3 is 5.97 Å². The Kier molecular flexibility index (Phi) is 5.64. The molecule has 0 radical (unpaired) electrons. The van der Waals surface area contributed by atoms with Crippen molar-refractivity contribution < 1.29 is 14.3 Å². The molecule has 120 valence electrons. The van der Waals surface area contributed by atoms with Gasteiger partial charge in [-0.1, -0.05) is 29.3 Å². The van der Waals surface area contributed by atoms with Crippen LogP contribution in [0.1, 0.15) is 21.5 Å². The molecule has 0 atom stereocenters. The zero-order valence-corrected chi connectivity index (χ0v) is 14.2. The first-order valence-electron chi connectivity index (χ1n) is 6.86. The molecular weight excluding hydrogens is 337 g/mol. The molecule has 2 rings (SSSR count). The Morgan fingerprint density at radius 2 is 1.74 bits per heavy atom. The molecule has 2 aromatic rings. The highest BCUT2D eigenvalue weighted by Crippen LogP contribution is 2.24. The highest BCUT2D eigenvalue weighted by molar-refractivity contribution is 6.42. The van der Waals surface area contributed by atoms with E-state index in [1.54, 1.807) is 24.3 Å². The fourth-order valence-corrected chi connectivity index (χ4v) is 2.15. The summed E-state index contributed by atoms with van der Waals surface area (Å²) in [5, 5.41) is 3.30. The molecule has 0 heterocycles. The summed E-state index contributed by atoms with van der Waals surface area (Å²) >= 11 is 11.7. The molecule has 0 aliphatic rings. The summed E-state index contributed by atoms with van der Waals surface area (Å²) in [5.41, 5.74) is 2.96. The molecule has 0 unspecified atom stereocenters. The minimum atomic E-state index is -0.544. The SMILES string of the molecule is Cc1ccc(C(=O)OCC(=O)Nc2ccc(Cl)c(Cl)c2)cc1C. The van der Waals surface area contributed by atoms with E-state index < -0.39 is 11.9 Å². The fourth-order valence-electron chi connectivity index (χ4n) is 1.85. The number of rotatable bonds is 4. The summed E-state index contributed by atoms with van der Waals surface area (Å²) < 4.78 is 5.00. The fraction of sp³-hybridized carbons (Fsp3) is 0.176. The van der Waals surface area contributed by atoms with Crippen LogP contribution in [0, 0.1) is 13.8 Å². The average molecular weight is 352 g/mol. The quantitative estimate of drug-likeness (QED) is 0.830. The average Bonchev–Trinajstić information content (AvgIpc) is 2.51. The molecule has 2 aromatic carbocycles. The van der Waals surface area contributed by atoms with Gasteiger partial charge in [0, 0.05) is 5.69 Å². The Labute approximate surface area is 144 Å². The summed E-state index contributed by atoms with van der Waals surface area (Å²) in [6.07, 6.45) is 0. The van der Waals surface area contributed by atoms with E-state index in [9.17, 15) is 9.59 Å². The molecule has 1 N–H and O–H groups in total. The number of aryl methyl sites for hydroxylation is 2. The lowest BCUT2D eigenvalue weighted by atomic mass is 10.1. The third-order valence-electron chi connectivity index (χ3n) is 3.28. The molecule has 4 nitrogen and oxygen atoms in total. The summed E-state index contributed by atoms with van der Waals surface area (Å²) in [6.45, 7) is 3.48. The van der Waals surface area contributed by atoms with Gasteiger partial charge in [-0.05, 0) is 55.3 Å². The molecule has 0 aliphatic carbocycles. The smallest absolute Gasteiger partial charge is 0.338 e. The Morgan fingerprint density at radius 1 is 1.00 bits per heavy atom. The predicted octanol–water partition coefficient (Wildman–Crippen LogP) is 4.41. The molecule has 0 aliphatic heterocycles. The van der Waals surface area contributed by atoms with Gasteiger partial charge in [-0.3, -0.25) is 4.79 Å². The number of nitrogens with one attached hydrogen (secondary N) is 1. The van der Waals surface area contributed by atoms with E-state index in [2.05, 4.69) is 5.32 Å². The summed E-state index contributed by atoms with van der Waals surface area (Å²) in [4.78, 5) is 23.7. The van der Waals surface area contributed by atoms with E-state index in [0.717, 1.165) is 11.1 Å². The maximum absolute atomic E-state index is 11.9. The minimum absolute atomic E-state index is 0.330. The van der Waals surface area contributed by atoms with Crippen LogP contribution >= 0.6 is 23.2 Å². The number of anilines is 1. The van der Waals surface area contributed by atoms with E-state index in [-0.39, 0.29) is 6.61 Å². The van der Waals surface area contributed by atoms with Gasteiger partial charge in [-0.2, -0.15) is 0 Å². The maximum Gasteiger partial charge on any atom is 0.338 e. The molecular formula is C17H15Cl2NO3. The summed E-state index contributed by atoms with van der Waals surface area (Å²) in [6, 6.07) is 9.93. The standard InChI is InChI=1S/C17H15Cl2NO3/c1-10-3-4-12(7-11(10)2)17(22)23-9-16(21)20-13-5-6-14(18)15(19)8-13/h3-8H,9H2,1-2H3,(H,20,21). The van der Waals surface area contributed by atoms with Gasteiger partial charge in [-0.15, -0.1) is 0 Å². The van der Waals surface area contributed by atoms with Gasteiger partial charge in [0.2, 0.25) is 0 Å². The molecule has 1 amide bonds. The van der Waals surface area contributed by atoms with Gasteiger partial charge in [0.25, 0.3) is 5.91 Å². The number of carbonyl (C=O) groups excluding carboxylic acids is 2. The van der Waals surface area contributed by atoms with E-state index in [4.69, 9.17) is 27.9 Å². The van der Waals surface area contributed by atoms with Crippen LogP contribution in [0.4, 0.5) is 5.69 Å². The van der Waals surface area contributed by atoms with Gasteiger partial charge < -0.3 is 10.1 Å². The summed E-state index contributed by atoms with van der Waals surface area (Å²) in [5.74, 6) is -1.00. The van der Waals surface area contributed by atoms with Crippen molar-refractivity contribution in [3.8, 4) is 0 Å². The number of benzene rings is 2. The lowest BCUT2D eigenvalue weighted by molar-refractivity contribution is -0.119. The van der Waals surface area contributed by atoms with Crippen LogP contribution in [0.25, 0.3) is 0 Å². The van der Waals surface area contributed by atoms with Crippen molar-refractivity contribution in [2.45, 2.75) is 13.8 Å². The van der Waals surface area contributed by atoms with Crippen LogP contribution in [0.3, 0.4) is 0 Å². The lowest BCUT2D eigenvalue weighted by Crippen LogP contribution is -2.21. The van der Waals surface area contributed by atoms with Gasteiger partial charge in [0.15, 0.2) is 6.61 Å². The first-order valence-corrected chi connectivity index (χ1v) is 7.61. The lowest BCUT2D eigenvalue weighted by Gasteiger charge is -2.08. The Morgan fingerprint density at radius 3 is 2.39 bits per heavy atom. The second-order valence-electron chi connectivity index (χ2n) is 5.05. The molecule has 0 saturated carbocycles. The maximum atomic E-state index is 11.9. The van der Waals surface area contributed by atoms with Gasteiger partial charge in [0.1, 0.15) is 0 Å². The highest BCUT2D eigenvalue weighted by Gasteiger charge is 2.11. The molecule has 0 fully saturated rings. The van der Waals surface area contributed by atoms with Gasteiger partial charge in [-0.25, -0.2) is 4.79 Å². The van der Waals surface area contributed by atoms with Crippen LogP contribution in [0.2, 0.25) is 10.0 Å². The van der Waals surface area contributed by atoms with E-state index in [1.807, 2.05) is 19.9 Å². The number of hydrogen-bond acceptors (Lipinski definition) is 3. The third-order valence-corrected chi connectivity index (χ3v) is 4.02. The number of carbonyl (C=O) groups is 2. The topological polar surface area (TPSA) is 55.4 Å². The first kappa shape index (κ1) is 17.3. The van der Waals surface area contributed by atoms with E-state index >= 15 is 0 Å².